The molecule has 4 heteroatoms. The van der Waals surface area contributed by atoms with Crippen molar-refractivity contribution in [2.45, 2.75) is 25.6 Å². The van der Waals surface area contributed by atoms with E-state index in [9.17, 15) is 0 Å². The zero-order valence-electron chi connectivity index (χ0n) is 10.3. The Morgan fingerprint density at radius 1 is 1.53 bits per heavy atom. The maximum absolute atomic E-state index is 5.29. The molecule has 0 aromatic carbocycles. The van der Waals surface area contributed by atoms with E-state index in [-0.39, 0.29) is 0 Å². The SMILES string of the molecule is COC1CN(Cc2nccc3c2CCNC3)C1. The summed E-state index contributed by atoms with van der Waals surface area (Å²) in [7, 11) is 1.79. The second-order valence-corrected chi connectivity index (χ2v) is 4.87. The van der Waals surface area contributed by atoms with Crippen LogP contribution in [0.3, 0.4) is 0 Å². The van der Waals surface area contributed by atoms with Gasteiger partial charge >= 0.3 is 0 Å². The standard InChI is InChI=1S/C13H19N3O/c1-17-11-7-16(8-11)9-13-12-3-4-14-6-10(12)2-5-15-13/h2,5,11,14H,3-4,6-9H2,1H3. The summed E-state index contributed by atoms with van der Waals surface area (Å²) in [6.45, 7) is 5.13. The van der Waals surface area contributed by atoms with Gasteiger partial charge in [0.15, 0.2) is 0 Å². The molecule has 1 N–H and O–H groups in total. The third-order valence-electron chi connectivity index (χ3n) is 3.74. The van der Waals surface area contributed by atoms with E-state index in [1.807, 2.05) is 6.20 Å². The molecule has 1 saturated heterocycles. The van der Waals surface area contributed by atoms with Gasteiger partial charge in [-0.2, -0.15) is 0 Å². The Kier molecular flexibility index (Phi) is 3.09. The van der Waals surface area contributed by atoms with Crippen LogP contribution in [0, 0.1) is 0 Å². The molecule has 1 aromatic rings. The van der Waals surface area contributed by atoms with Crippen LogP contribution in [0.4, 0.5) is 0 Å². The molecule has 0 unspecified atom stereocenters. The molecule has 2 aliphatic rings. The van der Waals surface area contributed by atoms with Crippen molar-refractivity contribution in [1.29, 1.82) is 0 Å². The molecule has 0 radical (unpaired) electrons. The van der Waals surface area contributed by atoms with E-state index in [4.69, 9.17) is 4.74 Å². The Balaban J connectivity index is 1.71. The molecular weight excluding hydrogens is 214 g/mol. The Bertz CT molecular complexity index is 402. The number of pyridine rings is 1. The van der Waals surface area contributed by atoms with Crippen molar-refractivity contribution in [3.05, 3.63) is 29.1 Å². The predicted molar refractivity (Wildman–Crippen MR) is 65.7 cm³/mol. The molecule has 0 amide bonds. The van der Waals surface area contributed by atoms with Crippen molar-refractivity contribution in [1.82, 2.24) is 15.2 Å². The lowest BCUT2D eigenvalue weighted by Gasteiger charge is -2.38. The van der Waals surface area contributed by atoms with Crippen molar-refractivity contribution in [3.63, 3.8) is 0 Å². The molecule has 0 spiro atoms. The van der Waals surface area contributed by atoms with E-state index >= 15 is 0 Å². The second kappa shape index (κ2) is 4.72. The lowest BCUT2D eigenvalue weighted by Crippen LogP contribution is -2.51. The minimum absolute atomic E-state index is 0.427. The molecule has 3 rings (SSSR count). The first-order chi connectivity index (χ1) is 8.36. The van der Waals surface area contributed by atoms with Crippen molar-refractivity contribution >= 4 is 0 Å². The highest BCUT2D eigenvalue weighted by atomic mass is 16.5. The van der Waals surface area contributed by atoms with Gasteiger partial charge in [-0.3, -0.25) is 9.88 Å². The number of nitrogens with zero attached hydrogens (tertiary/aromatic N) is 2. The summed E-state index contributed by atoms with van der Waals surface area (Å²) < 4.78 is 5.29. The first-order valence-electron chi connectivity index (χ1n) is 6.28. The summed E-state index contributed by atoms with van der Waals surface area (Å²) in [4.78, 5) is 6.96. The summed E-state index contributed by atoms with van der Waals surface area (Å²) >= 11 is 0. The fourth-order valence-corrected chi connectivity index (χ4v) is 2.64. The molecule has 92 valence electrons. The molecule has 1 fully saturated rings. The smallest absolute Gasteiger partial charge is 0.0825 e. The number of rotatable bonds is 3. The molecule has 2 aliphatic heterocycles. The summed E-state index contributed by atoms with van der Waals surface area (Å²) in [5.41, 5.74) is 4.15. The summed E-state index contributed by atoms with van der Waals surface area (Å²) in [6, 6.07) is 2.14. The van der Waals surface area contributed by atoms with Gasteiger partial charge in [0, 0.05) is 39.5 Å². The van der Waals surface area contributed by atoms with Gasteiger partial charge in [-0.05, 0) is 30.2 Å². The maximum Gasteiger partial charge on any atom is 0.0825 e. The molecule has 4 nitrogen and oxygen atoms in total. The highest BCUT2D eigenvalue weighted by Gasteiger charge is 2.27. The first kappa shape index (κ1) is 11.1. The van der Waals surface area contributed by atoms with Crippen LogP contribution in [0.5, 0.6) is 0 Å². The van der Waals surface area contributed by atoms with Crippen LogP contribution in [-0.4, -0.2) is 42.7 Å². The number of fused-ring (bicyclic) bond motifs is 1. The molecule has 0 atom stereocenters. The van der Waals surface area contributed by atoms with Gasteiger partial charge in [0.2, 0.25) is 0 Å². The number of ether oxygens (including phenoxy) is 1. The largest absolute Gasteiger partial charge is 0.379 e. The van der Waals surface area contributed by atoms with E-state index in [0.717, 1.165) is 39.1 Å². The Labute approximate surface area is 102 Å². The van der Waals surface area contributed by atoms with Crippen LogP contribution in [0.2, 0.25) is 0 Å². The van der Waals surface area contributed by atoms with Gasteiger partial charge in [-0.1, -0.05) is 0 Å². The maximum atomic E-state index is 5.29. The van der Waals surface area contributed by atoms with Gasteiger partial charge in [-0.15, -0.1) is 0 Å². The van der Waals surface area contributed by atoms with E-state index in [0.29, 0.717) is 6.10 Å². The van der Waals surface area contributed by atoms with Crippen molar-refractivity contribution in [2.75, 3.05) is 26.7 Å². The average molecular weight is 233 g/mol. The second-order valence-electron chi connectivity index (χ2n) is 4.87. The van der Waals surface area contributed by atoms with E-state index in [2.05, 4.69) is 21.3 Å². The van der Waals surface area contributed by atoms with Crippen LogP contribution in [0.1, 0.15) is 16.8 Å². The zero-order chi connectivity index (χ0) is 11.7. The van der Waals surface area contributed by atoms with Crippen molar-refractivity contribution in [2.24, 2.45) is 0 Å². The minimum Gasteiger partial charge on any atom is -0.379 e. The third-order valence-corrected chi connectivity index (χ3v) is 3.74. The van der Waals surface area contributed by atoms with E-state index in [1.54, 1.807) is 7.11 Å². The monoisotopic (exact) mass is 233 g/mol. The van der Waals surface area contributed by atoms with Crippen molar-refractivity contribution in [3.8, 4) is 0 Å². The number of aromatic nitrogens is 1. The highest BCUT2D eigenvalue weighted by molar-refractivity contribution is 5.32. The summed E-state index contributed by atoms with van der Waals surface area (Å²) in [5.74, 6) is 0. The molecule has 17 heavy (non-hydrogen) atoms. The number of hydrogen-bond donors (Lipinski definition) is 1. The van der Waals surface area contributed by atoms with Gasteiger partial charge in [0.05, 0.1) is 11.8 Å². The van der Waals surface area contributed by atoms with Crippen molar-refractivity contribution < 1.29 is 4.74 Å². The minimum atomic E-state index is 0.427. The Morgan fingerprint density at radius 3 is 3.24 bits per heavy atom. The van der Waals surface area contributed by atoms with Crippen LogP contribution in [0.25, 0.3) is 0 Å². The molecule has 3 heterocycles. The lowest BCUT2D eigenvalue weighted by molar-refractivity contribution is -0.0340. The average Bonchev–Trinajstić information content (AvgIpc) is 2.33. The molecular formula is C13H19N3O. The quantitative estimate of drug-likeness (QED) is 0.827. The van der Waals surface area contributed by atoms with Crippen LogP contribution >= 0.6 is 0 Å². The normalized spacial score (nSPS) is 21.0. The molecule has 1 aromatic heterocycles. The van der Waals surface area contributed by atoms with E-state index in [1.165, 1.54) is 16.8 Å². The third kappa shape index (κ3) is 2.20. The van der Waals surface area contributed by atoms with Crippen LogP contribution in [-0.2, 0) is 24.2 Å². The van der Waals surface area contributed by atoms with Gasteiger partial charge in [-0.25, -0.2) is 0 Å². The summed E-state index contributed by atoms with van der Waals surface area (Å²) in [6.07, 6.45) is 3.48. The van der Waals surface area contributed by atoms with Gasteiger partial charge in [0.1, 0.15) is 0 Å². The molecule has 0 saturated carbocycles. The Morgan fingerprint density at radius 2 is 2.41 bits per heavy atom. The Hall–Kier alpha value is -0.970. The predicted octanol–water partition coefficient (Wildman–Crippen LogP) is 0.558. The fraction of sp³-hybridized carbons (Fsp3) is 0.615. The van der Waals surface area contributed by atoms with Gasteiger partial charge < -0.3 is 10.1 Å². The number of nitrogens with one attached hydrogen (secondary N) is 1. The topological polar surface area (TPSA) is 37.4 Å². The van der Waals surface area contributed by atoms with Gasteiger partial charge in [0.25, 0.3) is 0 Å². The zero-order valence-corrected chi connectivity index (χ0v) is 10.3. The number of likely N-dealkylation sites (tertiary alicyclic amines) is 1. The van der Waals surface area contributed by atoms with E-state index < -0.39 is 0 Å². The fourth-order valence-electron chi connectivity index (χ4n) is 2.64. The molecule has 0 bridgehead atoms. The lowest BCUT2D eigenvalue weighted by atomic mass is 9.99. The molecule has 0 aliphatic carbocycles. The number of hydrogen-bond acceptors (Lipinski definition) is 4. The summed E-state index contributed by atoms with van der Waals surface area (Å²) in [5, 5.41) is 3.40. The first-order valence-corrected chi connectivity index (χ1v) is 6.28. The highest BCUT2D eigenvalue weighted by Crippen LogP contribution is 2.20. The van der Waals surface area contributed by atoms with Crippen LogP contribution in [0.15, 0.2) is 12.3 Å². The number of methoxy groups -OCH3 is 1. The van der Waals surface area contributed by atoms with Crippen LogP contribution < -0.4 is 5.32 Å².